The fourth-order valence-electron chi connectivity index (χ4n) is 1.74. The lowest BCUT2D eigenvalue weighted by Crippen LogP contribution is -2.38. The molecule has 0 unspecified atom stereocenters. The monoisotopic (exact) mass is 283 g/mol. The summed E-state index contributed by atoms with van der Waals surface area (Å²) in [6.45, 7) is 3.65. The van der Waals surface area contributed by atoms with Crippen LogP contribution in [0.3, 0.4) is 0 Å². The number of halogens is 1. The summed E-state index contributed by atoms with van der Waals surface area (Å²) in [6.07, 6.45) is 0. The first-order valence-electron chi connectivity index (χ1n) is 6.05. The molecule has 1 aromatic carbocycles. The minimum absolute atomic E-state index is 0.000584. The Morgan fingerprint density at radius 1 is 1.45 bits per heavy atom. The van der Waals surface area contributed by atoms with Crippen LogP contribution in [0.25, 0.3) is 0 Å². The lowest BCUT2D eigenvalue weighted by molar-refractivity contribution is -0.120. The number of carboxylic acid groups (broad SMARTS) is 1. The molecule has 110 valence electrons. The zero-order valence-corrected chi connectivity index (χ0v) is 11.6. The smallest absolute Gasteiger partial charge is 0.338 e. The van der Waals surface area contributed by atoms with Gasteiger partial charge < -0.3 is 21.1 Å². The van der Waals surface area contributed by atoms with Crippen LogP contribution in [0.4, 0.5) is 15.8 Å². The highest BCUT2D eigenvalue weighted by Crippen LogP contribution is 2.25. The zero-order valence-electron chi connectivity index (χ0n) is 11.6. The minimum atomic E-state index is -1.39. The van der Waals surface area contributed by atoms with Crippen molar-refractivity contribution in [2.24, 2.45) is 0 Å². The molecule has 0 saturated carbocycles. The number of hydrogen-bond donors (Lipinski definition) is 3. The summed E-state index contributed by atoms with van der Waals surface area (Å²) in [7, 11) is 1.57. The first-order valence-corrected chi connectivity index (χ1v) is 6.05. The molecule has 0 saturated heterocycles. The summed E-state index contributed by atoms with van der Waals surface area (Å²) in [5.41, 5.74) is 5.58. The topological polar surface area (TPSA) is 95.7 Å². The number of nitrogens with two attached hydrogens (primary N) is 1. The summed E-state index contributed by atoms with van der Waals surface area (Å²) < 4.78 is 13.6. The van der Waals surface area contributed by atoms with E-state index in [0.29, 0.717) is 0 Å². The predicted octanol–water partition coefficient (Wildman–Crippen LogP) is 1.07. The SMILES string of the molecule is CC(C)NC(=O)CN(C)c1cc(F)c(C(=O)O)cc1N. The molecular weight excluding hydrogens is 265 g/mol. The van der Waals surface area contributed by atoms with E-state index >= 15 is 0 Å². The number of nitrogens with zero attached hydrogens (tertiary/aromatic N) is 1. The Morgan fingerprint density at radius 2 is 2.05 bits per heavy atom. The predicted molar refractivity (Wildman–Crippen MR) is 74.3 cm³/mol. The fourth-order valence-corrected chi connectivity index (χ4v) is 1.74. The van der Waals surface area contributed by atoms with E-state index < -0.39 is 17.3 Å². The van der Waals surface area contributed by atoms with Gasteiger partial charge in [-0.1, -0.05) is 0 Å². The first-order chi connectivity index (χ1) is 9.22. The van der Waals surface area contributed by atoms with Gasteiger partial charge in [-0.3, -0.25) is 4.79 Å². The molecule has 0 aliphatic heterocycles. The standard InChI is InChI=1S/C13H18FN3O3/c1-7(2)16-12(18)6-17(3)11-5-9(14)8(13(19)20)4-10(11)15/h4-5,7H,6,15H2,1-3H3,(H,16,18)(H,19,20). The number of nitrogens with one attached hydrogen (secondary N) is 1. The molecule has 0 radical (unpaired) electrons. The minimum Gasteiger partial charge on any atom is -0.478 e. The number of hydrogen-bond acceptors (Lipinski definition) is 4. The summed E-state index contributed by atoms with van der Waals surface area (Å²) >= 11 is 0. The van der Waals surface area contributed by atoms with Crippen molar-refractivity contribution in [3.63, 3.8) is 0 Å². The van der Waals surface area contributed by atoms with Gasteiger partial charge >= 0.3 is 5.97 Å². The van der Waals surface area contributed by atoms with Crippen LogP contribution in [0.15, 0.2) is 12.1 Å². The molecule has 1 amide bonds. The van der Waals surface area contributed by atoms with Gasteiger partial charge in [0, 0.05) is 19.2 Å². The summed E-state index contributed by atoms with van der Waals surface area (Å²) in [5.74, 6) is -2.51. The van der Waals surface area contributed by atoms with E-state index in [1.54, 1.807) is 7.05 Å². The summed E-state index contributed by atoms with van der Waals surface area (Å²) in [4.78, 5) is 23.9. The molecule has 0 aliphatic rings. The van der Waals surface area contributed by atoms with Crippen molar-refractivity contribution in [3.05, 3.63) is 23.5 Å². The summed E-state index contributed by atoms with van der Waals surface area (Å²) in [6, 6.07) is 2.06. The van der Waals surface area contributed by atoms with Crippen LogP contribution in [0, 0.1) is 5.82 Å². The molecule has 0 atom stereocenters. The van der Waals surface area contributed by atoms with Gasteiger partial charge in [0.2, 0.25) is 5.91 Å². The van der Waals surface area contributed by atoms with E-state index in [0.717, 1.165) is 12.1 Å². The van der Waals surface area contributed by atoms with E-state index in [1.807, 2.05) is 13.8 Å². The van der Waals surface area contributed by atoms with Crippen LogP contribution >= 0.6 is 0 Å². The Labute approximate surface area is 116 Å². The average molecular weight is 283 g/mol. The van der Waals surface area contributed by atoms with Gasteiger partial charge in [-0.25, -0.2) is 9.18 Å². The molecule has 6 nitrogen and oxygen atoms in total. The largest absolute Gasteiger partial charge is 0.478 e. The first kappa shape index (κ1) is 15.7. The van der Waals surface area contributed by atoms with Crippen molar-refractivity contribution in [3.8, 4) is 0 Å². The number of benzene rings is 1. The maximum atomic E-state index is 13.6. The summed E-state index contributed by atoms with van der Waals surface area (Å²) in [5, 5.41) is 11.5. The lowest BCUT2D eigenvalue weighted by Gasteiger charge is -2.21. The van der Waals surface area contributed by atoms with Crippen molar-refractivity contribution in [2.75, 3.05) is 24.2 Å². The number of carbonyl (C=O) groups excluding carboxylic acids is 1. The molecule has 0 heterocycles. The molecule has 4 N–H and O–H groups in total. The number of anilines is 2. The van der Waals surface area contributed by atoms with Crippen LogP contribution in [-0.4, -0.2) is 36.6 Å². The van der Waals surface area contributed by atoms with Crippen molar-refractivity contribution >= 4 is 23.3 Å². The third-order valence-electron chi connectivity index (χ3n) is 2.59. The van der Waals surface area contributed by atoms with E-state index in [4.69, 9.17) is 10.8 Å². The second kappa shape index (κ2) is 6.23. The maximum absolute atomic E-state index is 13.6. The van der Waals surface area contributed by atoms with Crippen LogP contribution in [0.5, 0.6) is 0 Å². The van der Waals surface area contributed by atoms with Gasteiger partial charge in [0.05, 0.1) is 23.5 Å². The van der Waals surface area contributed by atoms with Crippen LogP contribution in [0.2, 0.25) is 0 Å². The van der Waals surface area contributed by atoms with Gasteiger partial charge in [0.1, 0.15) is 5.82 Å². The van der Waals surface area contributed by atoms with Gasteiger partial charge in [-0.05, 0) is 19.9 Å². The van der Waals surface area contributed by atoms with Gasteiger partial charge in [-0.2, -0.15) is 0 Å². The fraction of sp³-hybridized carbons (Fsp3) is 0.385. The number of amides is 1. The number of likely N-dealkylation sites (N-methyl/N-ethyl adjacent to an activating group) is 1. The Kier molecular flexibility index (Phi) is 4.90. The third kappa shape index (κ3) is 3.84. The highest BCUT2D eigenvalue weighted by Gasteiger charge is 2.17. The maximum Gasteiger partial charge on any atom is 0.338 e. The Bertz CT molecular complexity index is 532. The highest BCUT2D eigenvalue weighted by molar-refractivity contribution is 5.91. The second-order valence-corrected chi connectivity index (χ2v) is 4.77. The molecule has 1 rings (SSSR count). The molecule has 7 heteroatoms. The quantitative estimate of drug-likeness (QED) is 0.702. The Hall–Kier alpha value is -2.31. The number of carboxylic acids is 1. The van der Waals surface area contributed by atoms with Gasteiger partial charge in [-0.15, -0.1) is 0 Å². The van der Waals surface area contributed by atoms with Crippen molar-refractivity contribution in [2.45, 2.75) is 19.9 Å². The lowest BCUT2D eigenvalue weighted by atomic mass is 10.1. The van der Waals surface area contributed by atoms with Crippen molar-refractivity contribution in [1.82, 2.24) is 5.32 Å². The number of aromatic carboxylic acids is 1. The Balaban J connectivity index is 2.94. The number of rotatable bonds is 5. The highest BCUT2D eigenvalue weighted by atomic mass is 19.1. The van der Waals surface area contributed by atoms with Crippen molar-refractivity contribution < 1.29 is 19.1 Å². The second-order valence-electron chi connectivity index (χ2n) is 4.77. The van der Waals surface area contributed by atoms with E-state index in [2.05, 4.69) is 5.32 Å². The van der Waals surface area contributed by atoms with Crippen LogP contribution in [0.1, 0.15) is 24.2 Å². The number of carbonyl (C=O) groups is 2. The Morgan fingerprint density at radius 3 is 2.55 bits per heavy atom. The van der Waals surface area contributed by atoms with Crippen LogP contribution < -0.4 is 16.0 Å². The third-order valence-corrected chi connectivity index (χ3v) is 2.59. The number of nitrogen functional groups attached to an aromatic ring is 1. The van der Waals surface area contributed by atoms with Gasteiger partial charge in [0.15, 0.2) is 0 Å². The van der Waals surface area contributed by atoms with Crippen molar-refractivity contribution in [1.29, 1.82) is 0 Å². The van der Waals surface area contributed by atoms with E-state index in [9.17, 15) is 14.0 Å². The zero-order chi connectivity index (χ0) is 15.4. The van der Waals surface area contributed by atoms with E-state index in [-0.39, 0.29) is 29.9 Å². The molecule has 0 aliphatic carbocycles. The van der Waals surface area contributed by atoms with Crippen LogP contribution in [-0.2, 0) is 4.79 Å². The molecule has 0 bridgehead atoms. The van der Waals surface area contributed by atoms with Gasteiger partial charge in [0.25, 0.3) is 0 Å². The molecule has 0 spiro atoms. The van der Waals surface area contributed by atoms with E-state index in [1.165, 1.54) is 4.90 Å². The average Bonchev–Trinajstić information content (AvgIpc) is 2.29. The normalized spacial score (nSPS) is 10.4. The molecule has 1 aromatic rings. The molecule has 0 fully saturated rings. The molecule has 0 aromatic heterocycles. The molecular formula is C13H18FN3O3. The molecule has 20 heavy (non-hydrogen) atoms.